The van der Waals surface area contributed by atoms with Gasteiger partial charge < -0.3 is 15.8 Å². The molecule has 0 rings (SSSR count). The zero-order valence-corrected chi connectivity index (χ0v) is 10.2. The SMILES string of the molecule is COCCNC(=O)CN(C)C(C)(C)CN. The highest BCUT2D eigenvalue weighted by atomic mass is 16.5. The molecule has 3 N–H and O–H groups in total. The second-order valence-corrected chi connectivity index (χ2v) is 4.22. The molecule has 5 nitrogen and oxygen atoms in total. The molecule has 0 aromatic carbocycles. The fraction of sp³-hybridized carbons (Fsp3) is 0.900. The van der Waals surface area contributed by atoms with Gasteiger partial charge in [-0.05, 0) is 20.9 Å². The maximum Gasteiger partial charge on any atom is 0.234 e. The molecule has 90 valence electrons. The van der Waals surface area contributed by atoms with E-state index in [2.05, 4.69) is 5.32 Å². The highest BCUT2D eigenvalue weighted by Crippen LogP contribution is 2.08. The first-order valence-corrected chi connectivity index (χ1v) is 5.11. The standard InChI is InChI=1S/C10H23N3O2/c1-10(2,8-11)13(3)7-9(14)12-5-6-15-4/h5-8,11H2,1-4H3,(H,12,14). The smallest absolute Gasteiger partial charge is 0.234 e. The second-order valence-electron chi connectivity index (χ2n) is 4.22. The number of hydrogen-bond donors (Lipinski definition) is 2. The van der Waals surface area contributed by atoms with Crippen molar-refractivity contribution < 1.29 is 9.53 Å². The van der Waals surface area contributed by atoms with Gasteiger partial charge in [0.15, 0.2) is 0 Å². The van der Waals surface area contributed by atoms with Crippen LogP contribution in [0.5, 0.6) is 0 Å². The predicted octanol–water partition coefficient (Wildman–Crippen LogP) is -0.582. The number of likely N-dealkylation sites (N-methyl/N-ethyl adjacent to an activating group) is 1. The fourth-order valence-electron chi connectivity index (χ4n) is 0.934. The number of methoxy groups -OCH3 is 1. The van der Waals surface area contributed by atoms with Crippen molar-refractivity contribution in [2.45, 2.75) is 19.4 Å². The first kappa shape index (κ1) is 14.3. The molecule has 0 fully saturated rings. The Balaban J connectivity index is 3.86. The average Bonchev–Trinajstić information content (AvgIpc) is 2.18. The zero-order chi connectivity index (χ0) is 11.9. The summed E-state index contributed by atoms with van der Waals surface area (Å²) in [4.78, 5) is 13.4. The van der Waals surface area contributed by atoms with Crippen LogP contribution in [0.25, 0.3) is 0 Å². The summed E-state index contributed by atoms with van der Waals surface area (Å²) in [7, 11) is 3.50. The number of amides is 1. The minimum Gasteiger partial charge on any atom is -0.383 e. The Hall–Kier alpha value is -0.650. The van der Waals surface area contributed by atoms with Crippen LogP contribution in [0.4, 0.5) is 0 Å². The average molecular weight is 217 g/mol. The van der Waals surface area contributed by atoms with Crippen LogP contribution in [-0.2, 0) is 9.53 Å². The van der Waals surface area contributed by atoms with Crippen molar-refractivity contribution in [3.63, 3.8) is 0 Å². The molecule has 0 atom stereocenters. The quantitative estimate of drug-likeness (QED) is 0.560. The summed E-state index contributed by atoms with van der Waals surface area (Å²) in [5.74, 6) is -0.00363. The van der Waals surface area contributed by atoms with Crippen LogP contribution < -0.4 is 11.1 Å². The topological polar surface area (TPSA) is 67.6 Å². The van der Waals surface area contributed by atoms with Gasteiger partial charge in [-0.3, -0.25) is 9.69 Å². The third-order valence-electron chi connectivity index (χ3n) is 2.54. The fourth-order valence-corrected chi connectivity index (χ4v) is 0.934. The molecule has 0 aromatic heterocycles. The van der Waals surface area contributed by atoms with E-state index in [1.54, 1.807) is 7.11 Å². The third kappa shape index (κ3) is 5.71. The maximum absolute atomic E-state index is 11.4. The number of hydrogen-bond acceptors (Lipinski definition) is 4. The Morgan fingerprint density at radius 3 is 2.60 bits per heavy atom. The Morgan fingerprint density at radius 1 is 1.53 bits per heavy atom. The number of carbonyl (C=O) groups is 1. The lowest BCUT2D eigenvalue weighted by Gasteiger charge is -2.33. The van der Waals surface area contributed by atoms with E-state index < -0.39 is 0 Å². The van der Waals surface area contributed by atoms with Gasteiger partial charge in [0.25, 0.3) is 0 Å². The molecule has 0 aliphatic rings. The molecule has 0 bridgehead atoms. The van der Waals surface area contributed by atoms with Crippen molar-refractivity contribution in [3.8, 4) is 0 Å². The first-order valence-electron chi connectivity index (χ1n) is 5.11. The van der Waals surface area contributed by atoms with Crippen LogP contribution in [0.3, 0.4) is 0 Å². The Morgan fingerprint density at radius 2 is 2.13 bits per heavy atom. The van der Waals surface area contributed by atoms with Crippen molar-refractivity contribution in [1.82, 2.24) is 10.2 Å². The normalized spacial score (nSPS) is 11.9. The van der Waals surface area contributed by atoms with Crippen LogP contribution in [0.15, 0.2) is 0 Å². The summed E-state index contributed by atoms with van der Waals surface area (Å²) in [5.41, 5.74) is 5.46. The van der Waals surface area contributed by atoms with E-state index in [-0.39, 0.29) is 11.4 Å². The van der Waals surface area contributed by atoms with Crippen LogP contribution >= 0.6 is 0 Å². The van der Waals surface area contributed by atoms with E-state index >= 15 is 0 Å². The highest BCUT2D eigenvalue weighted by molar-refractivity contribution is 5.78. The minimum absolute atomic E-state index is 0.00363. The van der Waals surface area contributed by atoms with E-state index in [9.17, 15) is 4.79 Å². The Labute approximate surface area is 91.9 Å². The number of nitrogens with two attached hydrogens (primary N) is 1. The number of carbonyl (C=O) groups excluding carboxylic acids is 1. The largest absolute Gasteiger partial charge is 0.383 e. The lowest BCUT2D eigenvalue weighted by Crippen LogP contribution is -2.50. The van der Waals surface area contributed by atoms with E-state index in [0.29, 0.717) is 26.2 Å². The molecule has 0 aliphatic heterocycles. The molecule has 0 aliphatic carbocycles. The molecule has 0 spiro atoms. The van der Waals surface area contributed by atoms with Gasteiger partial charge in [0.1, 0.15) is 0 Å². The molecular formula is C10H23N3O2. The lowest BCUT2D eigenvalue weighted by atomic mass is 10.0. The van der Waals surface area contributed by atoms with Crippen LogP contribution in [0.2, 0.25) is 0 Å². The van der Waals surface area contributed by atoms with Gasteiger partial charge in [-0.1, -0.05) is 0 Å². The van der Waals surface area contributed by atoms with Gasteiger partial charge in [-0.2, -0.15) is 0 Å². The lowest BCUT2D eigenvalue weighted by molar-refractivity contribution is -0.123. The van der Waals surface area contributed by atoms with Gasteiger partial charge in [0.05, 0.1) is 13.2 Å². The number of nitrogens with one attached hydrogen (secondary N) is 1. The van der Waals surface area contributed by atoms with Crippen LogP contribution in [0, 0.1) is 0 Å². The Kier molecular flexibility index (Phi) is 6.47. The number of nitrogens with zero attached hydrogens (tertiary/aromatic N) is 1. The summed E-state index contributed by atoms with van der Waals surface area (Å²) >= 11 is 0. The highest BCUT2D eigenvalue weighted by Gasteiger charge is 2.22. The van der Waals surface area contributed by atoms with Crippen LogP contribution in [0.1, 0.15) is 13.8 Å². The molecular weight excluding hydrogens is 194 g/mol. The van der Waals surface area contributed by atoms with Gasteiger partial charge in [0.2, 0.25) is 5.91 Å². The second kappa shape index (κ2) is 6.76. The van der Waals surface area contributed by atoms with E-state index in [1.807, 2.05) is 25.8 Å². The van der Waals surface area contributed by atoms with E-state index in [1.165, 1.54) is 0 Å². The third-order valence-corrected chi connectivity index (χ3v) is 2.54. The van der Waals surface area contributed by atoms with Crippen molar-refractivity contribution in [2.75, 3.05) is 40.4 Å². The summed E-state index contributed by atoms with van der Waals surface area (Å²) in [6.45, 7) is 5.98. The Bertz CT molecular complexity index is 195. The molecule has 0 saturated heterocycles. The summed E-state index contributed by atoms with van der Waals surface area (Å²) < 4.78 is 4.84. The maximum atomic E-state index is 11.4. The summed E-state index contributed by atoms with van der Waals surface area (Å²) in [6, 6.07) is 0. The number of ether oxygens (including phenoxy) is 1. The minimum atomic E-state index is -0.154. The predicted molar refractivity (Wildman–Crippen MR) is 60.6 cm³/mol. The summed E-state index contributed by atoms with van der Waals surface area (Å²) in [6.07, 6.45) is 0. The molecule has 0 radical (unpaired) electrons. The molecule has 0 heterocycles. The van der Waals surface area contributed by atoms with Crippen molar-refractivity contribution >= 4 is 5.91 Å². The molecule has 0 unspecified atom stereocenters. The van der Waals surface area contributed by atoms with Gasteiger partial charge in [-0.15, -0.1) is 0 Å². The van der Waals surface area contributed by atoms with Gasteiger partial charge in [-0.25, -0.2) is 0 Å². The van der Waals surface area contributed by atoms with Crippen LogP contribution in [-0.4, -0.2) is 56.7 Å². The van der Waals surface area contributed by atoms with Gasteiger partial charge >= 0.3 is 0 Å². The molecule has 15 heavy (non-hydrogen) atoms. The summed E-state index contributed by atoms with van der Waals surface area (Å²) in [5, 5.41) is 2.76. The van der Waals surface area contributed by atoms with E-state index in [4.69, 9.17) is 10.5 Å². The molecule has 1 amide bonds. The molecule has 5 heteroatoms. The number of rotatable bonds is 7. The van der Waals surface area contributed by atoms with Crippen molar-refractivity contribution in [3.05, 3.63) is 0 Å². The van der Waals surface area contributed by atoms with Gasteiger partial charge in [0, 0.05) is 25.7 Å². The van der Waals surface area contributed by atoms with Crippen molar-refractivity contribution in [2.24, 2.45) is 5.73 Å². The first-order chi connectivity index (χ1) is 6.94. The zero-order valence-electron chi connectivity index (χ0n) is 10.2. The monoisotopic (exact) mass is 217 g/mol. The molecule has 0 saturated carbocycles. The van der Waals surface area contributed by atoms with Crippen molar-refractivity contribution in [1.29, 1.82) is 0 Å². The molecule has 0 aromatic rings. The van der Waals surface area contributed by atoms with E-state index in [0.717, 1.165) is 0 Å².